The number of piperazine rings is 1. The van der Waals surface area contributed by atoms with Crippen LogP contribution in [-0.4, -0.2) is 61.2 Å². The van der Waals surface area contributed by atoms with Gasteiger partial charge in [0.05, 0.1) is 11.4 Å². The second-order valence-corrected chi connectivity index (χ2v) is 7.91. The molecule has 32 heavy (non-hydrogen) atoms. The molecule has 0 radical (unpaired) electrons. The second kappa shape index (κ2) is 9.86. The molecule has 0 bridgehead atoms. The van der Waals surface area contributed by atoms with Crippen LogP contribution in [0.4, 0.5) is 11.4 Å². The van der Waals surface area contributed by atoms with Crippen molar-refractivity contribution in [2.75, 3.05) is 49.6 Å². The highest BCUT2D eigenvalue weighted by Gasteiger charge is 2.22. The molecule has 4 rings (SSSR count). The van der Waals surface area contributed by atoms with E-state index in [9.17, 15) is 9.59 Å². The largest absolute Gasteiger partial charge is 0.486 e. The van der Waals surface area contributed by atoms with Gasteiger partial charge in [-0.15, -0.1) is 0 Å². The van der Waals surface area contributed by atoms with E-state index in [1.165, 1.54) is 0 Å². The Labute approximate surface area is 192 Å². The predicted octanol–water partition coefficient (Wildman–Crippen LogP) is 2.64. The van der Waals surface area contributed by atoms with Crippen LogP contribution < -0.4 is 25.0 Å². The third-order valence-corrected chi connectivity index (χ3v) is 5.66. The molecule has 0 aromatic heterocycles. The fourth-order valence-electron chi connectivity index (χ4n) is 3.79. The van der Waals surface area contributed by atoms with E-state index in [0.29, 0.717) is 49.8 Å². The lowest BCUT2D eigenvalue weighted by atomic mass is 10.2. The highest BCUT2D eigenvalue weighted by atomic mass is 32.1. The monoisotopic (exact) mass is 454 g/mol. The topological polar surface area (TPSA) is 83.1 Å². The van der Waals surface area contributed by atoms with E-state index >= 15 is 0 Å². The summed E-state index contributed by atoms with van der Waals surface area (Å²) < 4.78 is 11.0. The van der Waals surface area contributed by atoms with Crippen LogP contribution in [0.5, 0.6) is 11.5 Å². The first-order chi connectivity index (χ1) is 15.5. The van der Waals surface area contributed by atoms with Gasteiger partial charge < -0.3 is 24.6 Å². The molecule has 0 spiro atoms. The van der Waals surface area contributed by atoms with Crippen LogP contribution in [0.1, 0.15) is 23.7 Å². The summed E-state index contributed by atoms with van der Waals surface area (Å²) in [5.74, 6) is 1.03. The van der Waals surface area contributed by atoms with Crippen molar-refractivity contribution in [3.63, 3.8) is 0 Å². The summed E-state index contributed by atoms with van der Waals surface area (Å²) in [6.07, 6.45) is 0.523. The van der Waals surface area contributed by atoms with Gasteiger partial charge in [0.2, 0.25) is 5.91 Å². The number of anilines is 2. The van der Waals surface area contributed by atoms with Gasteiger partial charge in [0.15, 0.2) is 16.6 Å². The van der Waals surface area contributed by atoms with Crippen LogP contribution in [0, 0.1) is 0 Å². The second-order valence-electron chi connectivity index (χ2n) is 7.51. The van der Waals surface area contributed by atoms with Gasteiger partial charge in [-0.1, -0.05) is 19.1 Å². The first kappa shape index (κ1) is 21.9. The number of hydrogen-bond acceptors (Lipinski definition) is 6. The average molecular weight is 455 g/mol. The van der Waals surface area contributed by atoms with Crippen molar-refractivity contribution in [2.45, 2.75) is 13.3 Å². The number of thiocarbonyl (C=S) groups is 1. The molecule has 2 aliphatic heterocycles. The number of rotatable bonds is 4. The van der Waals surface area contributed by atoms with E-state index < -0.39 is 0 Å². The smallest absolute Gasteiger partial charge is 0.257 e. The minimum Gasteiger partial charge on any atom is -0.486 e. The molecular weight excluding hydrogens is 428 g/mol. The third kappa shape index (κ3) is 4.94. The summed E-state index contributed by atoms with van der Waals surface area (Å²) in [6.45, 7) is 5.68. The lowest BCUT2D eigenvalue weighted by molar-refractivity contribution is -0.131. The number of benzene rings is 2. The van der Waals surface area contributed by atoms with Gasteiger partial charge in [-0.2, -0.15) is 0 Å². The first-order valence-electron chi connectivity index (χ1n) is 10.7. The molecule has 2 aliphatic rings. The Morgan fingerprint density at radius 2 is 1.72 bits per heavy atom. The molecule has 0 aliphatic carbocycles. The highest BCUT2D eigenvalue weighted by molar-refractivity contribution is 7.80. The van der Waals surface area contributed by atoms with Crippen LogP contribution in [0.15, 0.2) is 42.5 Å². The zero-order valence-electron chi connectivity index (χ0n) is 17.9. The normalized spacial score (nSPS) is 15.2. The van der Waals surface area contributed by atoms with Crippen molar-refractivity contribution in [2.24, 2.45) is 0 Å². The molecule has 2 aromatic carbocycles. The number of para-hydroxylation sites is 2. The number of carbonyl (C=O) groups excluding carboxylic acids is 2. The molecule has 8 nitrogen and oxygen atoms in total. The lowest BCUT2D eigenvalue weighted by Crippen LogP contribution is -2.48. The molecule has 2 N–H and O–H groups in total. The Morgan fingerprint density at radius 1 is 1.00 bits per heavy atom. The van der Waals surface area contributed by atoms with Crippen LogP contribution in [0.2, 0.25) is 0 Å². The Morgan fingerprint density at radius 3 is 2.47 bits per heavy atom. The molecule has 2 heterocycles. The van der Waals surface area contributed by atoms with Crippen LogP contribution >= 0.6 is 12.2 Å². The molecule has 168 valence electrons. The third-order valence-electron chi connectivity index (χ3n) is 5.46. The Kier molecular flexibility index (Phi) is 6.75. The molecule has 2 amide bonds. The van der Waals surface area contributed by atoms with E-state index in [4.69, 9.17) is 21.7 Å². The number of nitrogens with zero attached hydrogens (tertiary/aromatic N) is 2. The minimum absolute atomic E-state index is 0.180. The number of amides is 2. The number of nitrogens with one attached hydrogen (secondary N) is 2. The molecule has 9 heteroatoms. The standard InChI is InChI=1S/C23H26N4O4S/c1-2-21(28)27-11-9-26(10-12-27)18-6-4-3-5-17(18)24-23(32)25-22(29)16-7-8-19-20(15-16)31-14-13-30-19/h3-8,15H,2,9-14H2,1H3,(H2,24,25,29,32). The van der Waals surface area contributed by atoms with Crippen LogP contribution in [0.25, 0.3) is 0 Å². The SMILES string of the molecule is CCC(=O)N1CCN(c2ccccc2NC(=S)NC(=O)c2ccc3c(c2)OCCO3)CC1. The maximum atomic E-state index is 12.7. The molecule has 1 fully saturated rings. The Hall–Kier alpha value is -3.33. The molecular formula is C23H26N4O4S. The van der Waals surface area contributed by atoms with E-state index in [1.54, 1.807) is 18.2 Å². The number of carbonyl (C=O) groups is 2. The van der Waals surface area contributed by atoms with E-state index in [0.717, 1.165) is 24.5 Å². The van der Waals surface area contributed by atoms with Gasteiger partial charge >= 0.3 is 0 Å². The molecule has 0 saturated carbocycles. The molecule has 1 saturated heterocycles. The van der Waals surface area contributed by atoms with Gasteiger partial charge in [-0.05, 0) is 42.5 Å². The van der Waals surface area contributed by atoms with Crippen LogP contribution in [-0.2, 0) is 4.79 Å². The summed E-state index contributed by atoms with van der Waals surface area (Å²) in [5.41, 5.74) is 2.21. The van der Waals surface area contributed by atoms with Crippen molar-refractivity contribution in [1.82, 2.24) is 10.2 Å². The zero-order valence-corrected chi connectivity index (χ0v) is 18.7. The summed E-state index contributed by atoms with van der Waals surface area (Å²) in [7, 11) is 0. The van der Waals surface area contributed by atoms with E-state index in [-0.39, 0.29) is 16.9 Å². The summed E-state index contributed by atoms with van der Waals surface area (Å²) in [5, 5.41) is 6.07. The van der Waals surface area contributed by atoms with Gasteiger partial charge in [0.1, 0.15) is 13.2 Å². The maximum absolute atomic E-state index is 12.7. The summed E-state index contributed by atoms with van der Waals surface area (Å²) in [6, 6.07) is 12.8. The quantitative estimate of drug-likeness (QED) is 0.688. The van der Waals surface area contributed by atoms with Crippen molar-refractivity contribution >= 4 is 40.5 Å². The first-order valence-corrected chi connectivity index (χ1v) is 11.1. The van der Waals surface area contributed by atoms with E-state index in [1.807, 2.05) is 36.1 Å². The number of fused-ring (bicyclic) bond motifs is 1. The lowest BCUT2D eigenvalue weighted by Gasteiger charge is -2.37. The van der Waals surface area contributed by atoms with Gasteiger partial charge in [-0.25, -0.2) is 0 Å². The molecule has 0 unspecified atom stereocenters. The van der Waals surface area contributed by atoms with Gasteiger partial charge in [-0.3, -0.25) is 14.9 Å². The van der Waals surface area contributed by atoms with Crippen LogP contribution in [0.3, 0.4) is 0 Å². The van der Waals surface area contributed by atoms with Crippen molar-refractivity contribution in [3.8, 4) is 11.5 Å². The number of hydrogen-bond donors (Lipinski definition) is 2. The predicted molar refractivity (Wildman–Crippen MR) is 127 cm³/mol. The molecule has 2 aromatic rings. The summed E-state index contributed by atoms with van der Waals surface area (Å²) in [4.78, 5) is 28.7. The number of ether oxygens (including phenoxy) is 2. The fraction of sp³-hybridized carbons (Fsp3) is 0.348. The zero-order chi connectivity index (χ0) is 22.5. The van der Waals surface area contributed by atoms with Crippen molar-refractivity contribution in [3.05, 3.63) is 48.0 Å². The van der Waals surface area contributed by atoms with Crippen molar-refractivity contribution < 1.29 is 19.1 Å². The Bertz CT molecular complexity index is 1020. The molecule has 0 atom stereocenters. The maximum Gasteiger partial charge on any atom is 0.257 e. The fourth-order valence-corrected chi connectivity index (χ4v) is 3.99. The average Bonchev–Trinajstić information content (AvgIpc) is 2.83. The minimum atomic E-state index is -0.330. The van der Waals surface area contributed by atoms with E-state index in [2.05, 4.69) is 15.5 Å². The highest BCUT2D eigenvalue weighted by Crippen LogP contribution is 2.31. The Balaban J connectivity index is 1.39. The van der Waals surface area contributed by atoms with Gasteiger partial charge in [0, 0.05) is 38.2 Å². The summed E-state index contributed by atoms with van der Waals surface area (Å²) >= 11 is 5.39. The van der Waals surface area contributed by atoms with Crippen molar-refractivity contribution in [1.29, 1.82) is 0 Å². The van der Waals surface area contributed by atoms with Gasteiger partial charge in [0.25, 0.3) is 5.91 Å².